The number of hydrogen-bond donors (Lipinski definition) is 2. The van der Waals surface area contributed by atoms with Crippen molar-refractivity contribution in [2.45, 2.75) is 12.7 Å². The molecule has 1 aromatic carbocycles. The molecule has 0 heterocycles. The van der Waals surface area contributed by atoms with E-state index in [4.69, 9.17) is 5.73 Å². The van der Waals surface area contributed by atoms with Crippen LogP contribution in [0.25, 0.3) is 5.70 Å². The van der Waals surface area contributed by atoms with Crippen molar-refractivity contribution >= 4 is 33.3 Å². The van der Waals surface area contributed by atoms with Gasteiger partial charge in [-0.05, 0) is 24.1 Å². The average molecular weight is 325 g/mol. The predicted molar refractivity (Wildman–Crippen MR) is 91.2 cm³/mol. The summed E-state index contributed by atoms with van der Waals surface area (Å²) >= 11 is 1.45. The van der Waals surface area contributed by atoms with Gasteiger partial charge in [0.05, 0.1) is 11.3 Å². The van der Waals surface area contributed by atoms with Crippen LogP contribution in [0.4, 0.5) is 0 Å². The highest BCUT2D eigenvalue weighted by molar-refractivity contribution is 8.02. The van der Waals surface area contributed by atoms with Gasteiger partial charge in [-0.2, -0.15) is 4.40 Å². The Hall–Kier alpha value is -1.73. The van der Waals surface area contributed by atoms with Crippen molar-refractivity contribution < 1.29 is 8.42 Å². The third-order valence-electron chi connectivity index (χ3n) is 2.33. The van der Waals surface area contributed by atoms with E-state index in [1.54, 1.807) is 6.92 Å². The lowest BCUT2D eigenvalue weighted by Crippen LogP contribution is -2.18. The molecule has 0 aromatic heterocycles. The van der Waals surface area contributed by atoms with Crippen molar-refractivity contribution in [3.63, 3.8) is 0 Å². The molecule has 5 nitrogen and oxygen atoms in total. The number of sulfonamides is 1. The molecule has 0 aliphatic rings. The maximum Gasteiger partial charge on any atom is 0.251 e. The lowest BCUT2D eigenvalue weighted by Gasteiger charge is -2.09. The third-order valence-corrected chi connectivity index (χ3v) is 3.87. The zero-order valence-electron chi connectivity index (χ0n) is 12.1. The minimum absolute atomic E-state index is 0.291. The second-order valence-corrected chi connectivity index (χ2v) is 7.19. The van der Waals surface area contributed by atoms with E-state index in [1.165, 1.54) is 11.8 Å². The average Bonchev–Trinajstić information content (AvgIpc) is 2.34. The molecule has 0 fully saturated rings. The fourth-order valence-electron chi connectivity index (χ4n) is 1.54. The summed E-state index contributed by atoms with van der Waals surface area (Å²) in [4.78, 5) is 0. The van der Waals surface area contributed by atoms with E-state index in [0.29, 0.717) is 22.3 Å². The number of amidine groups is 1. The van der Waals surface area contributed by atoms with E-state index in [1.807, 2.05) is 24.3 Å². The molecule has 0 unspecified atom stereocenters. The van der Waals surface area contributed by atoms with Crippen LogP contribution in [0.1, 0.15) is 18.1 Å². The highest BCUT2D eigenvalue weighted by atomic mass is 32.2. The number of thioether (sulfide) groups is 1. The fourth-order valence-corrected chi connectivity index (χ4v) is 2.82. The summed E-state index contributed by atoms with van der Waals surface area (Å²) in [6.07, 6.45) is 1.04. The largest absolute Gasteiger partial charge is 0.399 e. The van der Waals surface area contributed by atoms with E-state index in [9.17, 15) is 8.42 Å². The zero-order valence-corrected chi connectivity index (χ0v) is 13.7. The summed E-state index contributed by atoms with van der Waals surface area (Å²) in [5.74, 6) is 0.970. The Morgan fingerprint density at radius 1 is 1.43 bits per heavy atom. The van der Waals surface area contributed by atoms with Gasteiger partial charge in [-0.25, -0.2) is 8.42 Å². The molecule has 0 radical (unpaired) electrons. The molecule has 3 N–H and O–H groups in total. The normalized spacial score (nSPS) is 12.0. The maximum absolute atomic E-state index is 11.0. The van der Waals surface area contributed by atoms with Gasteiger partial charge < -0.3 is 11.1 Å². The molecule has 1 rings (SSSR count). The minimum Gasteiger partial charge on any atom is -0.399 e. The van der Waals surface area contributed by atoms with E-state index >= 15 is 0 Å². The van der Waals surface area contributed by atoms with Crippen LogP contribution in [0.15, 0.2) is 46.9 Å². The van der Waals surface area contributed by atoms with Crippen LogP contribution in [-0.2, 0) is 15.8 Å². The number of rotatable bonds is 6. The second kappa shape index (κ2) is 7.33. The number of nitrogens with two attached hydrogens (primary N) is 1. The first-order valence-corrected chi connectivity index (χ1v) is 8.90. The van der Waals surface area contributed by atoms with Crippen molar-refractivity contribution in [2.24, 2.45) is 10.1 Å². The van der Waals surface area contributed by atoms with Crippen molar-refractivity contribution in [2.75, 3.05) is 6.26 Å². The molecule has 7 heteroatoms. The highest BCUT2D eigenvalue weighted by Gasteiger charge is 2.03. The maximum atomic E-state index is 11.0. The molecular weight excluding hydrogens is 306 g/mol. The van der Waals surface area contributed by atoms with Gasteiger partial charge in [-0.1, -0.05) is 31.4 Å². The van der Waals surface area contributed by atoms with E-state index in [2.05, 4.69) is 22.9 Å². The van der Waals surface area contributed by atoms with Crippen LogP contribution < -0.4 is 11.1 Å². The molecule has 114 valence electrons. The summed E-state index contributed by atoms with van der Waals surface area (Å²) in [7, 11) is -3.40. The molecule has 1 aromatic rings. The van der Waals surface area contributed by atoms with Crippen molar-refractivity contribution in [3.05, 3.63) is 53.6 Å². The summed E-state index contributed by atoms with van der Waals surface area (Å²) in [6.45, 7) is 9.11. The van der Waals surface area contributed by atoms with E-state index in [-0.39, 0.29) is 0 Å². The standard InChI is InChI=1S/C14H19N3O2S2/c1-10(15)14-7-5-6-13(8-14)9-20-12(3)16-11(2)17-21(4,18)19/h5-8H,1,3,9,15H2,2,4H3,(H,16,17). The second-order valence-electron chi connectivity index (χ2n) is 4.47. The molecule has 0 saturated heterocycles. The Bertz CT molecular complexity index is 679. The fraction of sp³-hybridized carbons (Fsp3) is 0.214. The Labute approximate surface area is 130 Å². The first kappa shape index (κ1) is 17.3. The Morgan fingerprint density at radius 3 is 2.67 bits per heavy atom. The van der Waals surface area contributed by atoms with E-state index < -0.39 is 10.0 Å². The van der Waals surface area contributed by atoms with Gasteiger partial charge >= 0.3 is 0 Å². The van der Waals surface area contributed by atoms with Crippen LogP contribution in [0.2, 0.25) is 0 Å². The number of nitrogens with zero attached hydrogens (tertiary/aromatic N) is 1. The van der Waals surface area contributed by atoms with Gasteiger partial charge in [-0.3, -0.25) is 0 Å². The van der Waals surface area contributed by atoms with Gasteiger partial charge in [0.1, 0.15) is 5.84 Å². The Morgan fingerprint density at radius 2 is 2.10 bits per heavy atom. The Kier molecular flexibility index (Phi) is 6.04. The molecule has 21 heavy (non-hydrogen) atoms. The molecule has 0 aliphatic carbocycles. The molecule has 0 bridgehead atoms. The highest BCUT2D eigenvalue weighted by Crippen LogP contribution is 2.20. The number of nitrogens with one attached hydrogen (secondary N) is 1. The van der Waals surface area contributed by atoms with Crippen LogP contribution in [0.3, 0.4) is 0 Å². The van der Waals surface area contributed by atoms with Crippen LogP contribution in [-0.4, -0.2) is 20.5 Å². The molecule has 0 atom stereocenters. The lowest BCUT2D eigenvalue weighted by molar-refractivity contribution is 0.603. The van der Waals surface area contributed by atoms with Crippen LogP contribution >= 0.6 is 11.8 Å². The minimum atomic E-state index is -3.40. The van der Waals surface area contributed by atoms with Crippen molar-refractivity contribution in [1.29, 1.82) is 0 Å². The van der Waals surface area contributed by atoms with Crippen molar-refractivity contribution in [3.8, 4) is 0 Å². The number of hydrogen-bond acceptors (Lipinski definition) is 4. The molecule has 0 amide bonds. The summed E-state index contributed by atoms with van der Waals surface area (Å²) < 4.78 is 25.6. The summed E-state index contributed by atoms with van der Waals surface area (Å²) in [5, 5.41) is 3.46. The summed E-state index contributed by atoms with van der Waals surface area (Å²) in [6, 6.07) is 7.74. The molecule has 0 spiro atoms. The van der Waals surface area contributed by atoms with Crippen molar-refractivity contribution in [1.82, 2.24) is 5.32 Å². The van der Waals surface area contributed by atoms with Gasteiger partial charge in [0.15, 0.2) is 0 Å². The lowest BCUT2D eigenvalue weighted by atomic mass is 10.1. The first-order chi connectivity index (χ1) is 9.67. The van der Waals surface area contributed by atoms with Crippen LogP contribution in [0, 0.1) is 0 Å². The first-order valence-electron chi connectivity index (χ1n) is 6.06. The SMILES string of the molecule is C=C(N/C(C)=N/S(C)(=O)=O)SCc1cccc(C(=C)N)c1. The van der Waals surface area contributed by atoms with E-state index in [0.717, 1.165) is 17.4 Å². The zero-order chi connectivity index (χ0) is 16.0. The Balaban J connectivity index is 2.60. The quantitative estimate of drug-likeness (QED) is 0.619. The smallest absolute Gasteiger partial charge is 0.251 e. The number of benzene rings is 1. The molecule has 0 saturated carbocycles. The van der Waals surface area contributed by atoms with Gasteiger partial charge in [-0.15, -0.1) is 11.8 Å². The van der Waals surface area contributed by atoms with Gasteiger partial charge in [0, 0.05) is 11.4 Å². The predicted octanol–water partition coefficient (Wildman–Crippen LogP) is 2.29. The third kappa shape index (κ3) is 7.01. The summed E-state index contributed by atoms with van der Waals surface area (Å²) in [5.41, 5.74) is 8.15. The topological polar surface area (TPSA) is 84.5 Å². The monoisotopic (exact) mass is 325 g/mol. The molecular formula is C14H19N3O2S2. The van der Waals surface area contributed by atoms with Gasteiger partial charge in [0.25, 0.3) is 10.0 Å². The van der Waals surface area contributed by atoms with Crippen LogP contribution in [0.5, 0.6) is 0 Å². The van der Waals surface area contributed by atoms with Gasteiger partial charge in [0.2, 0.25) is 0 Å². The molecule has 0 aliphatic heterocycles.